The third-order valence-electron chi connectivity index (χ3n) is 4.27. The molecule has 183 valence electrons. The minimum atomic E-state index is -3.81. The number of rotatable bonds is 13. The van der Waals surface area contributed by atoms with Crippen LogP contribution in [0.2, 0.25) is 0 Å². The standard InChI is InChI=1S/C20H33.Mo.2H3O3PS/c1-2-3-4-5-6-7-8-9-10-11-12-14-17-20-18-15-13-16-19-20;;2*1-4(2,3)5/h13,15-16,18H,2-12,14,17H2,1H3;;2*(H3,1,2,3,5). The first-order valence-electron chi connectivity index (χ1n) is 10.7. The van der Waals surface area contributed by atoms with Crippen molar-refractivity contribution in [3.05, 3.63) is 29.8 Å². The third-order valence-corrected chi connectivity index (χ3v) is 5.25. The van der Waals surface area contributed by atoms with E-state index < -0.39 is 13.4 Å². The molecule has 0 fully saturated rings. The molecule has 0 aliphatic rings. The number of unbranched alkanes of at least 4 members (excludes halogenated alkanes) is 11. The van der Waals surface area contributed by atoms with Crippen LogP contribution in [0.3, 0.4) is 0 Å². The smallest absolute Gasteiger partial charge is 0.319 e. The van der Waals surface area contributed by atoms with Gasteiger partial charge in [-0.3, -0.25) is 0 Å². The average Bonchev–Trinajstić information content (AvgIpc) is 2.61. The van der Waals surface area contributed by atoms with Gasteiger partial charge >= 0.3 is 131 Å². The molecule has 0 aromatic heterocycles. The summed E-state index contributed by atoms with van der Waals surface area (Å²) in [5.41, 5.74) is 1.55. The van der Waals surface area contributed by atoms with Crippen molar-refractivity contribution in [1.82, 2.24) is 0 Å². The van der Waals surface area contributed by atoms with Crippen LogP contribution in [0, 0.1) is 0 Å². The van der Waals surface area contributed by atoms with Gasteiger partial charge in [0.25, 0.3) is 0 Å². The van der Waals surface area contributed by atoms with Crippen LogP contribution < -0.4 is 3.95 Å². The van der Waals surface area contributed by atoms with Crippen molar-refractivity contribution in [3.63, 3.8) is 0 Å². The van der Waals surface area contributed by atoms with E-state index in [9.17, 15) is 0 Å². The Morgan fingerprint density at radius 1 is 0.645 bits per heavy atom. The number of benzene rings is 1. The molecule has 11 heteroatoms. The topological polar surface area (TPSA) is 121 Å². The maximum absolute atomic E-state index is 7.56. The van der Waals surface area contributed by atoms with Crippen molar-refractivity contribution >= 4 is 41.0 Å². The molecule has 0 saturated heterocycles. The second-order valence-electron chi connectivity index (χ2n) is 7.27. The summed E-state index contributed by atoms with van der Waals surface area (Å²) in [5, 5.41) is 0. The van der Waals surface area contributed by atoms with Gasteiger partial charge in [-0.2, -0.15) is 0 Å². The first-order chi connectivity index (χ1) is 14.3. The maximum Gasteiger partial charge on any atom is 0.319 e. The molecule has 0 aliphatic heterocycles. The van der Waals surface area contributed by atoms with Crippen LogP contribution in [0.5, 0.6) is 0 Å². The van der Waals surface area contributed by atoms with Gasteiger partial charge in [-0.1, -0.05) is 26.2 Å². The Bertz CT molecular complexity index is 603. The molecule has 0 saturated carbocycles. The number of hydrogen-bond acceptors (Lipinski definition) is 2. The van der Waals surface area contributed by atoms with E-state index in [4.69, 9.17) is 29.4 Å². The molecule has 1 rings (SSSR count). The van der Waals surface area contributed by atoms with Crippen molar-refractivity contribution in [2.75, 3.05) is 0 Å². The molecule has 1 aromatic rings. The van der Waals surface area contributed by atoms with Crippen LogP contribution >= 0.6 is 13.4 Å². The summed E-state index contributed by atoms with van der Waals surface area (Å²) in [6, 6.07) is 8.84. The normalized spacial score (nSPS) is 11.2. The molecule has 6 nitrogen and oxygen atoms in total. The van der Waals surface area contributed by atoms with Crippen molar-refractivity contribution in [2.24, 2.45) is 0 Å². The predicted octanol–water partition coefficient (Wildman–Crippen LogP) is 4.48. The third kappa shape index (κ3) is 38.5. The molecule has 0 amide bonds. The Morgan fingerprint density at radius 2 is 0.968 bits per heavy atom. The van der Waals surface area contributed by atoms with Gasteiger partial charge in [0.05, 0.1) is 0 Å². The number of hydrogen-bond donors (Lipinski definition) is 6. The molecular weight excluding hydrogens is 558 g/mol. The van der Waals surface area contributed by atoms with E-state index in [0.29, 0.717) is 0 Å². The molecule has 0 bridgehead atoms. The second kappa shape index (κ2) is 21.5. The van der Waals surface area contributed by atoms with Gasteiger partial charge in [-0.25, -0.2) is 0 Å². The zero-order valence-corrected chi connectivity index (χ0v) is 23.7. The van der Waals surface area contributed by atoms with Gasteiger partial charge in [0, 0.05) is 0 Å². The van der Waals surface area contributed by atoms with Gasteiger partial charge in [-0.15, -0.1) is 0 Å². The van der Waals surface area contributed by atoms with E-state index in [1.165, 1.54) is 87.4 Å². The van der Waals surface area contributed by atoms with E-state index in [2.05, 4.69) is 74.6 Å². The zero-order chi connectivity index (χ0) is 24.2. The van der Waals surface area contributed by atoms with Crippen LogP contribution in [0.15, 0.2) is 24.3 Å². The molecule has 0 atom stereocenters. The molecule has 0 spiro atoms. The first-order valence-corrected chi connectivity index (χ1v) is 17.0. The Balaban J connectivity index is 0. The summed E-state index contributed by atoms with van der Waals surface area (Å²) >= 11 is 9.37. The van der Waals surface area contributed by atoms with Gasteiger partial charge in [-0.05, 0) is 23.6 Å². The Morgan fingerprint density at radius 3 is 1.32 bits per heavy atom. The molecule has 31 heavy (non-hydrogen) atoms. The Labute approximate surface area is 209 Å². The fourth-order valence-corrected chi connectivity index (χ4v) is 3.48. The van der Waals surface area contributed by atoms with Crippen LogP contribution in [-0.4, -0.2) is 29.4 Å². The monoisotopic (exact) mass is 599 g/mol. The minimum absolute atomic E-state index is 1.27. The SMILES string of the molecule is CCCCCCCCCCCCCCc1cccc[c]1[Mo].OP(O)(O)=S.OP(O)(O)=S. The largest absolute Gasteiger partial charge is 0.325 e. The van der Waals surface area contributed by atoms with Crippen LogP contribution in [-0.2, 0) is 49.8 Å². The van der Waals surface area contributed by atoms with Gasteiger partial charge in [0.2, 0.25) is 0 Å². The molecule has 0 aliphatic carbocycles. The van der Waals surface area contributed by atoms with E-state index >= 15 is 0 Å². The first kappa shape index (κ1) is 34.1. The van der Waals surface area contributed by atoms with Crippen molar-refractivity contribution < 1.29 is 49.2 Å². The second-order valence-corrected chi connectivity index (χ2v) is 13.3. The van der Waals surface area contributed by atoms with Crippen molar-refractivity contribution in [2.45, 2.75) is 90.4 Å². The summed E-state index contributed by atoms with van der Waals surface area (Å²) in [6.07, 6.45) is 18.5. The van der Waals surface area contributed by atoms with Crippen molar-refractivity contribution in [1.29, 1.82) is 0 Å². The van der Waals surface area contributed by atoms with Crippen LogP contribution in [0.25, 0.3) is 0 Å². The van der Waals surface area contributed by atoms with Crippen molar-refractivity contribution in [3.8, 4) is 0 Å². The quantitative estimate of drug-likeness (QED) is 0.112. The van der Waals surface area contributed by atoms with Gasteiger partial charge < -0.3 is 29.4 Å². The fourth-order valence-electron chi connectivity index (χ4n) is 2.87. The minimum Gasteiger partial charge on any atom is -0.325 e. The zero-order valence-electron chi connectivity index (χ0n) is 18.3. The van der Waals surface area contributed by atoms with Gasteiger partial charge in [0.15, 0.2) is 0 Å². The summed E-state index contributed by atoms with van der Waals surface area (Å²) in [4.78, 5) is 45.3. The van der Waals surface area contributed by atoms with E-state index in [1.54, 1.807) is 5.56 Å². The molecule has 6 N–H and O–H groups in total. The molecular formula is C20H39MoO6P2S2. The molecule has 1 aromatic carbocycles. The Kier molecular flexibility index (Phi) is 23.7. The summed E-state index contributed by atoms with van der Waals surface area (Å²) < 4.78 is 1.47. The van der Waals surface area contributed by atoms with E-state index in [0.717, 1.165) is 0 Å². The maximum atomic E-state index is 7.56. The number of aryl methyl sites for hydroxylation is 1. The van der Waals surface area contributed by atoms with Crippen LogP contribution in [0.1, 0.15) is 89.5 Å². The predicted molar refractivity (Wildman–Crippen MR) is 133 cm³/mol. The summed E-state index contributed by atoms with van der Waals surface area (Å²) in [5.74, 6) is 0. The molecule has 0 radical (unpaired) electrons. The van der Waals surface area contributed by atoms with Gasteiger partial charge in [0.1, 0.15) is 0 Å². The summed E-state index contributed by atoms with van der Waals surface area (Å²) in [6.45, 7) is -5.32. The summed E-state index contributed by atoms with van der Waals surface area (Å²) in [7, 11) is 0. The molecule has 0 unspecified atom stereocenters. The fraction of sp³-hybridized carbons (Fsp3) is 0.700. The Hall–Kier alpha value is 0.968. The van der Waals surface area contributed by atoms with Crippen LogP contribution in [0.4, 0.5) is 0 Å². The molecule has 0 heterocycles. The average molecular weight is 598 g/mol. The van der Waals surface area contributed by atoms with E-state index in [-0.39, 0.29) is 0 Å². The van der Waals surface area contributed by atoms with E-state index in [1.807, 2.05) is 0 Å².